The molecule has 1 heterocycles. The highest BCUT2D eigenvalue weighted by atomic mass is 32.1. The lowest BCUT2D eigenvalue weighted by molar-refractivity contribution is -0.116. The van der Waals surface area contributed by atoms with Crippen LogP contribution in [-0.4, -0.2) is 25.6 Å². The number of hydrogen-bond donors (Lipinski definition) is 1. The lowest BCUT2D eigenvalue weighted by Gasteiger charge is -2.09. The second-order valence-electron chi connectivity index (χ2n) is 5.13. The standard InChI is InChI=1S/C17H19NO4S/c1-11-8-12(2)10-13(9-11)22-6-4-15(19)18-14-5-7-23-16(14)17(20)21-3/h5,7-10H,4,6H2,1-3H3,(H,18,19). The minimum Gasteiger partial charge on any atom is -0.493 e. The van der Waals surface area contributed by atoms with Crippen LogP contribution in [-0.2, 0) is 9.53 Å². The SMILES string of the molecule is COC(=O)c1sccc1NC(=O)CCOc1cc(C)cc(C)c1. The van der Waals surface area contributed by atoms with Gasteiger partial charge < -0.3 is 14.8 Å². The average Bonchev–Trinajstić information content (AvgIpc) is 2.93. The maximum atomic E-state index is 12.0. The predicted molar refractivity (Wildman–Crippen MR) is 90.3 cm³/mol. The van der Waals surface area contributed by atoms with Gasteiger partial charge in [-0.3, -0.25) is 4.79 Å². The van der Waals surface area contributed by atoms with Crippen LogP contribution in [0.1, 0.15) is 27.2 Å². The topological polar surface area (TPSA) is 64.6 Å². The van der Waals surface area contributed by atoms with Gasteiger partial charge in [-0.2, -0.15) is 0 Å². The smallest absolute Gasteiger partial charge is 0.350 e. The van der Waals surface area contributed by atoms with Crippen molar-refractivity contribution in [3.8, 4) is 5.75 Å². The number of carbonyl (C=O) groups excluding carboxylic acids is 2. The monoisotopic (exact) mass is 333 g/mol. The Balaban J connectivity index is 1.86. The Labute approximate surface area is 139 Å². The second kappa shape index (κ2) is 7.78. The average molecular weight is 333 g/mol. The number of anilines is 1. The quantitative estimate of drug-likeness (QED) is 0.821. The van der Waals surface area contributed by atoms with Crippen LogP contribution in [0.5, 0.6) is 5.75 Å². The van der Waals surface area contributed by atoms with E-state index in [9.17, 15) is 9.59 Å². The zero-order valence-corrected chi connectivity index (χ0v) is 14.2. The van der Waals surface area contributed by atoms with Crippen molar-refractivity contribution in [1.29, 1.82) is 0 Å². The van der Waals surface area contributed by atoms with Gasteiger partial charge in [-0.05, 0) is 48.6 Å². The van der Waals surface area contributed by atoms with E-state index in [1.54, 1.807) is 11.4 Å². The van der Waals surface area contributed by atoms with Gasteiger partial charge in [-0.15, -0.1) is 11.3 Å². The number of amides is 1. The summed E-state index contributed by atoms with van der Waals surface area (Å²) in [5.74, 6) is 0.0841. The number of rotatable bonds is 6. The van der Waals surface area contributed by atoms with Gasteiger partial charge in [0.2, 0.25) is 5.91 Å². The van der Waals surface area contributed by atoms with Crippen molar-refractivity contribution in [3.63, 3.8) is 0 Å². The fourth-order valence-corrected chi connectivity index (χ4v) is 2.91. The van der Waals surface area contributed by atoms with Crippen molar-refractivity contribution >= 4 is 28.9 Å². The minimum atomic E-state index is -0.457. The molecule has 0 radical (unpaired) electrons. The summed E-state index contributed by atoms with van der Waals surface area (Å²) in [6, 6.07) is 7.60. The third kappa shape index (κ3) is 4.82. The number of esters is 1. The molecule has 1 amide bonds. The highest BCUT2D eigenvalue weighted by Crippen LogP contribution is 2.23. The van der Waals surface area contributed by atoms with E-state index in [0.717, 1.165) is 16.9 Å². The molecule has 0 bridgehead atoms. The van der Waals surface area contributed by atoms with Crippen LogP contribution in [0.25, 0.3) is 0 Å². The molecule has 122 valence electrons. The number of benzene rings is 1. The first-order chi connectivity index (χ1) is 11.0. The molecular weight excluding hydrogens is 314 g/mol. The molecule has 1 aromatic heterocycles. The third-order valence-electron chi connectivity index (χ3n) is 3.10. The summed E-state index contributed by atoms with van der Waals surface area (Å²) < 4.78 is 10.3. The largest absolute Gasteiger partial charge is 0.493 e. The van der Waals surface area contributed by atoms with Crippen molar-refractivity contribution in [3.05, 3.63) is 45.6 Å². The van der Waals surface area contributed by atoms with E-state index >= 15 is 0 Å². The van der Waals surface area contributed by atoms with E-state index < -0.39 is 5.97 Å². The Morgan fingerprint density at radius 3 is 2.52 bits per heavy atom. The van der Waals surface area contributed by atoms with E-state index in [1.165, 1.54) is 18.4 Å². The van der Waals surface area contributed by atoms with E-state index in [1.807, 2.05) is 26.0 Å². The fraction of sp³-hybridized carbons (Fsp3) is 0.294. The molecule has 0 unspecified atom stereocenters. The highest BCUT2D eigenvalue weighted by molar-refractivity contribution is 7.12. The molecule has 6 heteroatoms. The summed E-state index contributed by atoms with van der Waals surface area (Å²) in [6.07, 6.45) is 0.198. The first-order valence-corrected chi connectivity index (χ1v) is 8.04. The van der Waals surface area contributed by atoms with Crippen molar-refractivity contribution in [2.75, 3.05) is 19.0 Å². The van der Waals surface area contributed by atoms with E-state index in [2.05, 4.69) is 16.1 Å². The molecule has 5 nitrogen and oxygen atoms in total. The number of methoxy groups -OCH3 is 1. The minimum absolute atomic E-state index is 0.198. The molecule has 1 N–H and O–H groups in total. The first kappa shape index (κ1) is 17.0. The van der Waals surface area contributed by atoms with Crippen LogP contribution in [0, 0.1) is 13.8 Å². The highest BCUT2D eigenvalue weighted by Gasteiger charge is 2.15. The second-order valence-corrected chi connectivity index (χ2v) is 6.04. The number of aryl methyl sites for hydroxylation is 2. The van der Waals surface area contributed by atoms with Crippen LogP contribution in [0.15, 0.2) is 29.6 Å². The van der Waals surface area contributed by atoms with Gasteiger partial charge >= 0.3 is 5.97 Å². The number of hydrogen-bond acceptors (Lipinski definition) is 5. The van der Waals surface area contributed by atoms with Gasteiger partial charge in [0.25, 0.3) is 0 Å². The Morgan fingerprint density at radius 1 is 1.17 bits per heavy atom. The molecule has 23 heavy (non-hydrogen) atoms. The zero-order valence-electron chi connectivity index (χ0n) is 13.3. The number of nitrogens with one attached hydrogen (secondary N) is 1. The van der Waals surface area contributed by atoms with Crippen LogP contribution >= 0.6 is 11.3 Å². The third-order valence-corrected chi connectivity index (χ3v) is 4.00. The van der Waals surface area contributed by atoms with Crippen molar-refractivity contribution < 1.29 is 19.1 Å². The predicted octanol–water partition coefficient (Wildman–Crippen LogP) is 3.56. The Hall–Kier alpha value is -2.34. The van der Waals surface area contributed by atoms with Gasteiger partial charge in [0, 0.05) is 0 Å². The number of ether oxygens (including phenoxy) is 2. The molecule has 0 saturated carbocycles. The van der Waals surface area contributed by atoms with Gasteiger partial charge in [-0.25, -0.2) is 4.79 Å². The van der Waals surface area contributed by atoms with Crippen LogP contribution in [0.4, 0.5) is 5.69 Å². The normalized spacial score (nSPS) is 10.2. The molecule has 0 aliphatic rings. The summed E-state index contributed by atoms with van der Waals surface area (Å²) in [4.78, 5) is 23.9. The summed E-state index contributed by atoms with van der Waals surface area (Å²) in [5, 5.41) is 4.44. The molecule has 2 aromatic rings. The Morgan fingerprint density at radius 2 is 1.87 bits per heavy atom. The maximum Gasteiger partial charge on any atom is 0.350 e. The summed E-state index contributed by atoms with van der Waals surface area (Å²) in [6.45, 7) is 4.27. The van der Waals surface area contributed by atoms with Gasteiger partial charge in [-0.1, -0.05) is 6.07 Å². The summed E-state index contributed by atoms with van der Waals surface area (Å²) in [7, 11) is 1.31. The van der Waals surface area contributed by atoms with Crippen molar-refractivity contribution in [2.24, 2.45) is 0 Å². The molecule has 0 saturated heterocycles. The lowest BCUT2D eigenvalue weighted by Crippen LogP contribution is -2.16. The molecule has 1 aromatic carbocycles. The zero-order chi connectivity index (χ0) is 16.8. The van der Waals surface area contributed by atoms with Gasteiger partial charge in [0.15, 0.2) is 0 Å². The van der Waals surface area contributed by atoms with Crippen LogP contribution in [0.2, 0.25) is 0 Å². The Kier molecular flexibility index (Phi) is 5.76. The fourth-order valence-electron chi connectivity index (χ4n) is 2.15. The molecule has 2 rings (SSSR count). The molecule has 0 aliphatic heterocycles. The maximum absolute atomic E-state index is 12.0. The van der Waals surface area contributed by atoms with Crippen LogP contribution < -0.4 is 10.1 Å². The molecule has 0 aliphatic carbocycles. The first-order valence-electron chi connectivity index (χ1n) is 7.16. The van der Waals surface area contributed by atoms with Crippen LogP contribution in [0.3, 0.4) is 0 Å². The van der Waals surface area contributed by atoms with Crippen molar-refractivity contribution in [1.82, 2.24) is 0 Å². The van der Waals surface area contributed by atoms with Gasteiger partial charge in [0.1, 0.15) is 10.6 Å². The molecular formula is C17H19NO4S. The molecule has 0 spiro atoms. The number of thiophene rings is 1. The van der Waals surface area contributed by atoms with Gasteiger partial charge in [0.05, 0.1) is 25.8 Å². The lowest BCUT2D eigenvalue weighted by atomic mass is 10.1. The molecule has 0 fully saturated rings. The summed E-state index contributed by atoms with van der Waals surface area (Å²) in [5.41, 5.74) is 2.70. The Bertz CT molecular complexity index is 688. The van der Waals surface area contributed by atoms with E-state index in [0.29, 0.717) is 10.6 Å². The van der Waals surface area contributed by atoms with E-state index in [-0.39, 0.29) is 18.9 Å². The summed E-state index contributed by atoms with van der Waals surface area (Å²) >= 11 is 1.23. The number of carbonyl (C=O) groups is 2. The van der Waals surface area contributed by atoms with Crippen molar-refractivity contribution in [2.45, 2.75) is 20.3 Å². The molecule has 0 atom stereocenters. The van der Waals surface area contributed by atoms with E-state index in [4.69, 9.17) is 4.74 Å².